The molecule has 0 saturated carbocycles. The van der Waals surface area contributed by atoms with Gasteiger partial charge in [0, 0.05) is 14.1 Å². The lowest BCUT2D eigenvalue weighted by atomic mass is 10.4. The zero-order valence-corrected chi connectivity index (χ0v) is 5.92. The van der Waals surface area contributed by atoms with Crippen LogP contribution in [0.4, 0.5) is 0 Å². The molecule has 0 unspecified atom stereocenters. The van der Waals surface area contributed by atoms with Gasteiger partial charge in [-0.2, -0.15) is 0 Å². The Morgan fingerprint density at radius 2 is 2.10 bits per heavy atom. The summed E-state index contributed by atoms with van der Waals surface area (Å²) in [7, 11) is 2.60. The van der Waals surface area contributed by atoms with Crippen molar-refractivity contribution in [2.75, 3.05) is 14.1 Å². The van der Waals surface area contributed by atoms with E-state index in [1.807, 2.05) is 0 Å². The number of rotatable bonds is 2. The number of nitrogens with one attached hydrogen (secondary N) is 1. The van der Waals surface area contributed by atoms with Gasteiger partial charge in [0.05, 0.1) is 0 Å². The Kier molecular flexibility index (Phi) is 3.42. The molecule has 0 aliphatic rings. The first-order valence-electron chi connectivity index (χ1n) is 2.74. The highest BCUT2D eigenvalue weighted by Crippen LogP contribution is 1.84. The lowest BCUT2D eigenvalue weighted by Gasteiger charge is -2.06. The van der Waals surface area contributed by atoms with Crippen LogP contribution >= 0.6 is 0 Å². The molecule has 0 aromatic carbocycles. The first kappa shape index (κ1) is 8.90. The van der Waals surface area contributed by atoms with Gasteiger partial charge in [0.2, 0.25) is 5.91 Å². The molecule has 0 fully saturated rings. The largest absolute Gasteiger partial charge is 0.359 e. The van der Waals surface area contributed by atoms with Crippen molar-refractivity contribution >= 4 is 11.8 Å². The van der Waals surface area contributed by atoms with Crippen LogP contribution in [-0.4, -0.2) is 36.2 Å². The van der Waals surface area contributed by atoms with E-state index in [0.717, 1.165) is 0 Å². The topological polar surface area (TPSA) is 69.6 Å². The first-order valence-corrected chi connectivity index (χ1v) is 2.74. The highest BCUT2D eigenvalue weighted by molar-refractivity contribution is 5.96. The third-order valence-electron chi connectivity index (χ3n) is 0.952. The molecule has 5 heteroatoms. The highest BCUT2D eigenvalue weighted by Gasteiger charge is 2.09. The molecule has 0 aromatic heterocycles. The average Bonchev–Trinajstić information content (AvgIpc) is 1.87. The third-order valence-corrected chi connectivity index (χ3v) is 0.952. The van der Waals surface area contributed by atoms with Crippen molar-refractivity contribution in [3.63, 3.8) is 0 Å². The molecule has 0 spiro atoms. The van der Waals surface area contributed by atoms with Gasteiger partial charge in [0.1, 0.15) is 6.42 Å². The fourth-order valence-corrected chi connectivity index (χ4v) is 0.340. The van der Waals surface area contributed by atoms with Gasteiger partial charge in [-0.15, -0.1) is 0 Å². The second-order valence-corrected chi connectivity index (χ2v) is 1.77. The van der Waals surface area contributed by atoms with Gasteiger partial charge in [0.25, 0.3) is 5.91 Å². The van der Waals surface area contributed by atoms with Crippen molar-refractivity contribution in [3.8, 4) is 0 Å². The number of hydroxylamine groups is 2. The molecule has 2 amide bonds. The zero-order chi connectivity index (χ0) is 8.15. The molecule has 0 bridgehead atoms. The van der Waals surface area contributed by atoms with E-state index < -0.39 is 11.8 Å². The number of hydrogen-bond donors (Lipinski definition) is 2. The van der Waals surface area contributed by atoms with Crippen LogP contribution < -0.4 is 5.32 Å². The smallest absolute Gasteiger partial charge is 0.255 e. The van der Waals surface area contributed by atoms with E-state index in [4.69, 9.17) is 5.21 Å². The molecular formula is C5H10N2O3. The summed E-state index contributed by atoms with van der Waals surface area (Å²) in [6.07, 6.45) is -0.316. The average molecular weight is 146 g/mol. The first-order chi connectivity index (χ1) is 4.57. The molecule has 0 aliphatic carbocycles. The second-order valence-electron chi connectivity index (χ2n) is 1.77. The van der Waals surface area contributed by atoms with Gasteiger partial charge in [-0.05, 0) is 0 Å². The number of amides is 2. The Hall–Kier alpha value is -1.10. The lowest BCUT2D eigenvalue weighted by Crippen LogP contribution is -2.29. The molecule has 0 heterocycles. The van der Waals surface area contributed by atoms with E-state index in [-0.39, 0.29) is 6.42 Å². The molecule has 5 nitrogen and oxygen atoms in total. The van der Waals surface area contributed by atoms with Crippen molar-refractivity contribution < 1.29 is 14.8 Å². The molecule has 2 N–H and O–H groups in total. The van der Waals surface area contributed by atoms with E-state index in [2.05, 4.69) is 5.32 Å². The predicted molar refractivity (Wildman–Crippen MR) is 33.2 cm³/mol. The van der Waals surface area contributed by atoms with Crippen molar-refractivity contribution in [1.82, 2.24) is 10.4 Å². The van der Waals surface area contributed by atoms with Crippen LogP contribution in [0.1, 0.15) is 6.42 Å². The molecule has 0 atom stereocenters. The summed E-state index contributed by atoms with van der Waals surface area (Å²) in [5.41, 5.74) is 0. The van der Waals surface area contributed by atoms with Gasteiger partial charge >= 0.3 is 0 Å². The lowest BCUT2D eigenvalue weighted by molar-refractivity contribution is -0.160. The van der Waals surface area contributed by atoms with Crippen LogP contribution in [0.15, 0.2) is 0 Å². The van der Waals surface area contributed by atoms with Gasteiger partial charge in [-0.1, -0.05) is 0 Å². The summed E-state index contributed by atoms with van der Waals surface area (Å²) in [6.45, 7) is 0. The molecule has 58 valence electrons. The van der Waals surface area contributed by atoms with Crippen LogP contribution in [0.3, 0.4) is 0 Å². The third kappa shape index (κ3) is 3.03. The van der Waals surface area contributed by atoms with Gasteiger partial charge in [-0.25, -0.2) is 5.06 Å². The minimum Gasteiger partial charge on any atom is -0.359 e. The number of hydrogen-bond acceptors (Lipinski definition) is 3. The minimum atomic E-state index is -0.626. The molecule has 0 radical (unpaired) electrons. The molecule has 0 saturated heterocycles. The Bertz CT molecular complexity index is 144. The van der Waals surface area contributed by atoms with Crippen LogP contribution in [0.25, 0.3) is 0 Å². The fourth-order valence-electron chi connectivity index (χ4n) is 0.340. The monoisotopic (exact) mass is 146 g/mol. The van der Waals surface area contributed by atoms with Crippen molar-refractivity contribution in [3.05, 3.63) is 0 Å². The molecule has 0 rings (SSSR count). The van der Waals surface area contributed by atoms with Crippen LogP contribution in [-0.2, 0) is 9.59 Å². The highest BCUT2D eigenvalue weighted by atomic mass is 16.5. The molecular weight excluding hydrogens is 136 g/mol. The summed E-state index contributed by atoms with van der Waals surface area (Å²) < 4.78 is 0. The predicted octanol–water partition coefficient (Wildman–Crippen LogP) is -1.03. The molecule has 10 heavy (non-hydrogen) atoms. The Morgan fingerprint density at radius 3 is 2.40 bits per heavy atom. The standard InChI is InChI=1S/C5H10N2O3/c1-6-4(8)3-5(9)7(2)10/h10H,3H2,1-2H3,(H,6,8). The maximum atomic E-state index is 10.5. The summed E-state index contributed by atoms with van der Waals surface area (Å²) in [4.78, 5) is 21.0. The van der Waals surface area contributed by atoms with Crippen LogP contribution in [0, 0.1) is 0 Å². The number of carbonyl (C=O) groups is 2. The Labute approximate surface area is 58.6 Å². The minimum absolute atomic E-state index is 0.316. The Balaban J connectivity index is 3.69. The van der Waals surface area contributed by atoms with Gasteiger partial charge in [0.15, 0.2) is 0 Å². The second kappa shape index (κ2) is 3.84. The maximum Gasteiger partial charge on any atom is 0.255 e. The van der Waals surface area contributed by atoms with E-state index >= 15 is 0 Å². The Morgan fingerprint density at radius 1 is 1.60 bits per heavy atom. The summed E-state index contributed by atoms with van der Waals surface area (Å²) in [5.74, 6) is -1.04. The quantitative estimate of drug-likeness (QED) is 0.297. The van der Waals surface area contributed by atoms with Crippen molar-refractivity contribution in [2.24, 2.45) is 0 Å². The van der Waals surface area contributed by atoms with Gasteiger partial charge < -0.3 is 5.32 Å². The molecule has 0 aromatic rings. The van der Waals surface area contributed by atoms with Crippen molar-refractivity contribution in [1.29, 1.82) is 0 Å². The van der Waals surface area contributed by atoms with E-state index in [1.165, 1.54) is 14.1 Å². The van der Waals surface area contributed by atoms with E-state index in [0.29, 0.717) is 5.06 Å². The van der Waals surface area contributed by atoms with Crippen molar-refractivity contribution in [2.45, 2.75) is 6.42 Å². The zero-order valence-electron chi connectivity index (χ0n) is 5.92. The summed E-state index contributed by atoms with van der Waals surface area (Å²) in [6, 6.07) is 0. The summed E-state index contributed by atoms with van der Waals surface area (Å²) >= 11 is 0. The normalized spacial score (nSPS) is 8.70. The van der Waals surface area contributed by atoms with Crippen LogP contribution in [0.2, 0.25) is 0 Å². The maximum absolute atomic E-state index is 10.5. The van der Waals surface area contributed by atoms with E-state index in [1.54, 1.807) is 0 Å². The summed E-state index contributed by atoms with van der Waals surface area (Å²) in [5, 5.41) is 11.1. The fraction of sp³-hybridized carbons (Fsp3) is 0.600. The SMILES string of the molecule is CNC(=O)CC(=O)N(C)O. The van der Waals surface area contributed by atoms with E-state index in [9.17, 15) is 9.59 Å². The van der Waals surface area contributed by atoms with Gasteiger partial charge in [-0.3, -0.25) is 14.8 Å². The number of nitrogens with zero attached hydrogens (tertiary/aromatic N) is 1. The van der Waals surface area contributed by atoms with Crippen LogP contribution in [0.5, 0.6) is 0 Å². The number of carbonyl (C=O) groups excluding carboxylic acids is 2. The molecule has 0 aliphatic heterocycles.